The maximum atomic E-state index is 14.3. The average Bonchev–Trinajstić information content (AvgIpc) is 3.31. The predicted octanol–water partition coefficient (Wildman–Crippen LogP) is 5.82. The number of ether oxygens (including phenoxy) is 1. The summed E-state index contributed by atoms with van der Waals surface area (Å²) >= 11 is 6.15. The predicted molar refractivity (Wildman–Crippen MR) is 125 cm³/mol. The summed E-state index contributed by atoms with van der Waals surface area (Å²) in [5.74, 6) is -0.762. The van der Waals surface area contributed by atoms with Crippen LogP contribution in [-0.2, 0) is 6.42 Å². The molecule has 1 amide bonds. The second-order valence-corrected chi connectivity index (χ2v) is 9.02. The first kappa shape index (κ1) is 21.3. The Bertz CT molecular complexity index is 1240. The van der Waals surface area contributed by atoms with Crippen LogP contribution in [-0.4, -0.2) is 17.8 Å². The molecular weight excluding hydrogens is 450 g/mol. The second kappa shape index (κ2) is 7.81. The van der Waals surface area contributed by atoms with Gasteiger partial charge in [0.2, 0.25) is 0 Å². The van der Waals surface area contributed by atoms with Gasteiger partial charge in [0, 0.05) is 17.7 Å². The van der Waals surface area contributed by atoms with Crippen molar-refractivity contribution in [3.63, 3.8) is 0 Å². The molecule has 0 fully saturated rings. The minimum absolute atomic E-state index is 0.166. The molecule has 0 radical (unpaired) electrons. The number of para-hydroxylation sites is 1. The van der Waals surface area contributed by atoms with Crippen molar-refractivity contribution in [3.05, 3.63) is 76.3 Å². The van der Waals surface area contributed by atoms with Crippen LogP contribution in [0.15, 0.2) is 48.5 Å². The zero-order valence-electron chi connectivity index (χ0n) is 17.9. The van der Waals surface area contributed by atoms with E-state index in [-0.39, 0.29) is 22.4 Å². The molecule has 2 aliphatic heterocycles. The number of amides is 1. The van der Waals surface area contributed by atoms with Crippen LogP contribution in [0.3, 0.4) is 0 Å². The monoisotopic (exact) mass is 470 g/mol. The third kappa shape index (κ3) is 4.02. The molecule has 0 bridgehead atoms. The number of hydrogen-bond donors (Lipinski definition) is 4. The third-order valence-electron chi connectivity index (χ3n) is 5.55. The highest BCUT2D eigenvalue weighted by Gasteiger charge is 2.39. The lowest BCUT2D eigenvalue weighted by Crippen LogP contribution is -2.32. The molecule has 0 saturated carbocycles. The minimum Gasteiger partial charge on any atom is -0.486 e. The second-order valence-electron chi connectivity index (χ2n) is 8.62. The molecule has 2 heterocycles. The summed E-state index contributed by atoms with van der Waals surface area (Å²) in [6.45, 7) is 3.89. The van der Waals surface area contributed by atoms with Crippen LogP contribution in [0, 0.1) is 11.6 Å². The smallest absolute Gasteiger partial charge is 0.259 e. The van der Waals surface area contributed by atoms with Gasteiger partial charge in [-0.2, -0.15) is 0 Å². The van der Waals surface area contributed by atoms with Crippen molar-refractivity contribution in [1.29, 1.82) is 0 Å². The Balaban J connectivity index is 1.47. The molecule has 5 rings (SSSR count). The van der Waals surface area contributed by atoms with E-state index in [1.807, 2.05) is 13.8 Å². The molecule has 4 N–H and O–H groups in total. The number of halogens is 3. The lowest BCUT2D eigenvalue weighted by atomic mass is 9.97. The summed E-state index contributed by atoms with van der Waals surface area (Å²) in [6.07, 6.45) is 0.0158. The molecular formula is C24H21ClF2N4O2. The summed E-state index contributed by atoms with van der Waals surface area (Å²) in [4.78, 5) is 13.1. The normalized spacial score (nSPS) is 17.3. The Morgan fingerprint density at radius 1 is 1.15 bits per heavy atom. The van der Waals surface area contributed by atoms with Gasteiger partial charge in [-0.05, 0) is 56.3 Å². The van der Waals surface area contributed by atoms with E-state index >= 15 is 0 Å². The number of fused-ring (bicyclic) bond motifs is 3. The van der Waals surface area contributed by atoms with Gasteiger partial charge in [0.1, 0.15) is 23.0 Å². The number of carbonyl (C=O) groups is 1. The molecule has 0 aromatic heterocycles. The molecule has 170 valence electrons. The van der Waals surface area contributed by atoms with Crippen LogP contribution in [0.25, 0.3) is 0 Å². The fraction of sp³-hybridized carbons (Fsp3) is 0.208. The summed E-state index contributed by atoms with van der Waals surface area (Å²) < 4.78 is 33.6. The molecule has 0 saturated heterocycles. The third-order valence-corrected chi connectivity index (χ3v) is 5.86. The molecule has 3 aromatic carbocycles. The zero-order chi connectivity index (χ0) is 23.3. The molecule has 1 unspecified atom stereocenters. The Labute approximate surface area is 194 Å². The zero-order valence-corrected chi connectivity index (χ0v) is 18.6. The summed E-state index contributed by atoms with van der Waals surface area (Å²) in [7, 11) is 0. The van der Waals surface area contributed by atoms with Crippen molar-refractivity contribution < 1.29 is 18.3 Å². The van der Waals surface area contributed by atoms with Gasteiger partial charge >= 0.3 is 0 Å². The quantitative estimate of drug-likeness (QED) is 0.387. The van der Waals surface area contributed by atoms with E-state index in [0.29, 0.717) is 29.1 Å². The molecule has 1 atom stereocenters. The summed E-state index contributed by atoms with van der Waals surface area (Å²) in [6, 6.07) is 11.7. The van der Waals surface area contributed by atoms with E-state index in [9.17, 15) is 13.6 Å². The highest BCUT2D eigenvalue weighted by atomic mass is 35.5. The van der Waals surface area contributed by atoms with Crippen molar-refractivity contribution in [1.82, 2.24) is 0 Å². The fourth-order valence-corrected chi connectivity index (χ4v) is 4.33. The number of rotatable bonds is 4. The highest BCUT2D eigenvalue weighted by Crippen LogP contribution is 2.48. The number of anilines is 4. The van der Waals surface area contributed by atoms with Gasteiger partial charge in [0.05, 0.1) is 27.6 Å². The Kier molecular flexibility index (Phi) is 5.05. The minimum atomic E-state index is -0.558. The van der Waals surface area contributed by atoms with Crippen molar-refractivity contribution in [2.45, 2.75) is 32.2 Å². The highest BCUT2D eigenvalue weighted by molar-refractivity contribution is 6.33. The largest absolute Gasteiger partial charge is 0.486 e. The standard InChI is InChI=1S/C24H21ClF2N4O2/c1-24(2)11-15-19-18(29-23(30-19)31-20-16(25)4-3-5-17(20)27)10-14(21(15)33-24)22(32)28-13-8-6-12(26)7-9-13/h3-10,23,29-31H,11H2,1-2H3,(H,28,32). The van der Waals surface area contributed by atoms with Crippen LogP contribution in [0.5, 0.6) is 5.75 Å². The first-order valence-corrected chi connectivity index (χ1v) is 10.8. The molecule has 3 aromatic rings. The van der Waals surface area contributed by atoms with Gasteiger partial charge in [0.25, 0.3) is 5.91 Å². The number of benzene rings is 3. The van der Waals surface area contributed by atoms with E-state index in [0.717, 1.165) is 11.3 Å². The average molecular weight is 471 g/mol. The van der Waals surface area contributed by atoms with E-state index in [1.165, 1.54) is 36.4 Å². The Hall–Kier alpha value is -3.52. The Morgan fingerprint density at radius 2 is 1.91 bits per heavy atom. The number of nitrogens with one attached hydrogen (secondary N) is 4. The topological polar surface area (TPSA) is 74.4 Å². The molecule has 6 nitrogen and oxygen atoms in total. The molecule has 2 aliphatic rings. The fourth-order valence-electron chi connectivity index (χ4n) is 4.11. The number of hydrogen-bond acceptors (Lipinski definition) is 5. The van der Waals surface area contributed by atoms with Crippen molar-refractivity contribution in [2.75, 3.05) is 21.3 Å². The van der Waals surface area contributed by atoms with Gasteiger partial charge in [-0.1, -0.05) is 17.7 Å². The molecule has 33 heavy (non-hydrogen) atoms. The lowest BCUT2D eigenvalue weighted by Gasteiger charge is -2.18. The van der Waals surface area contributed by atoms with E-state index in [2.05, 4.69) is 21.3 Å². The first-order valence-electron chi connectivity index (χ1n) is 10.4. The van der Waals surface area contributed by atoms with Gasteiger partial charge < -0.3 is 26.0 Å². The van der Waals surface area contributed by atoms with Gasteiger partial charge in [0.15, 0.2) is 6.29 Å². The van der Waals surface area contributed by atoms with E-state index in [1.54, 1.807) is 12.1 Å². The van der Waals surface area contributed by atoms with Crippen molar-refractivity contribution in [3.8, 4) is 5.75 Å². The van der Waals surface area contributed by atoms with Crippen LogP contribution in [0.4, 0.5) is 31.5 Å². The van der Waals surface area contributed by atoms with Crippen LogP contribution >= 0.6 is 11.6 Å². The summed E-state index contributed by atoms with van der Waals surface area (Å²) in [5.41, 5.74) is 2.76. The summed E-state index contributed by atoms with van der Waals surface area (Å²) in [5, 5.41) is 12.6. The first-order chi connectivity index (χ1) is 15.7. The van der Waals surface area contributed by atoms with Gasteiger partial charge in [-0.3, -0.25) is 4.79 Å². The molecule has 0 spiro atoms. The van der Waals surface area contributed by atoms with Crippen molar-refractivity contribution >= 4 is 40.3 Å². The lowest BCUT2D eigenvalue weighted by molar-refractivity contribution is 0.101. The van der Waals surface area contributed by atoms with Crippen LogP contribution < -0.4 is 26.0 Å². The Morgan fingerprint density at radius 3 is 2.64 bits per heavy atom. The van der Waals surface area contributed by atoms with Gasteiger partial charge in [-0.15, -0.1) is 0 Å². The van der Waals surface area contributed by atoms with E-state index in [4.69, 9.17) is 16.3 Å². The van der Waals surface area contributed by atoms with Crippen LogP contribution in [0.1, 0.15) is 29.8 Å². The van der Waals surface area contributed by atoms with Crippen molar-refractivity contribution in [2.24, 2.45) is 0 Å². The maximum Gasteiger partial charge on any atom is 0.259 e. The molecule has 9 heteroatoms. The molecule has 0 aliphatic carbocycles. The number of carbonyl (C=O) groups excluding carboxylic acids is 1. The van der Waals surface area contributed by atoms with E-state index < -0.39 is 17.7 Å². The van der Waals surface area contributed by atoms with Gasteiger partial charge in [-0.25, -0.2) is 8.78 Å². The SMILES string of the molecule is CC1(C)Cc2c3c(cc(C(=O)Nc4ccc(F)cc4)c2O1)NC(Nc1c(F)cccc1Cl)N3. The maximum absolute atomic E-state index is 14.3. The van der Waals surface area contributed by atoms with Crippen LogP contribution in [0.2, 0.25) is 5.02 Å².